The van der Waals surface area contributed by atoms with E-state index in [1.165, 1.54) is 0 Å². The smallest absolute Gasteiger partial charge is 0.481 e. The highest BCUT2D eigenvalue weighted by Crippen LogP contribution is 2.75. The van der Waals surface area contributed by atoms with E-state index < -0.39 is 40.1 Å². The van der Waals surface area contributed by atoms with Crippen molar-refractivity contribution in [2.75, 3.05) is 13.9 Å². The maximum absolute atomic E-state index is 14.7. The fourth-order valence-corrected chi connectivity index (χ4v) is 11.5. The Kier molecular flexibility index (Phi) is 8.11. The minimum absolute atomic E-state index is 0.0202. The van der Waals surface area contributed by atoms with Gasteiger partial charge in [0.05, 0.1) is 16.9 Å². The van der Waals surface area contributed by atoms with Crippen LogP contribution in [0, 0.1) is 57.2 Å². The Labute approximate surface area is 277 Å². The Bertz CT molecular complexity index is 1550. The number of aryl methyl sites for hydroxylation is 1. The van der Waals surface area contributed by atoms with E-state index in [2.05, 4.69) is 27.7 Å². The molecule has 260 valence electrons. The molecule has 10 heteroatoms. The second kappa shape index (κ2) is 11.2. The van der Waals surface area contributed by atoms with Crippen LogP contribution in [0.1, 0.15) is 111 Å². The molecule has 10 atom stereocenters. The number of rotatable bonds is 7. The predicted octanol–water partition coefficient (Wildman–Crippen LogP) is 6.62. The zero-order chi connectivity index (χ0) is 34.4. The fraction of sp³-hybridized carbons (Fsp3) is 0.784. The summed E-state index contributed by atoms with van der Waals surface area (Å²) in [6.07, 6.45) is 8.10. The molecule has 6 rings (SSSR count). The van der Waals surface area contributed by atoms with Gasteiger partial charge in [-0.2, -0.15) is 0 Å². The molecule has 0 bridgehead atoms. The van der Waals surface area contributed by atoms with E-state index in [1.807, 2.05) is 19.9 Å². The van der Waals surface area contributed by atoms with Gasteiger partial charge in [0.1, 0.15) is 6.79 Å². The van der Waals surface area contributed by atoms with Gasteiger partial charge in [-0.3, -0.25) is 14.4 Å². The van der Waals surface area contributed by atoms with Crippen molar-refractivity contribution >= 4 is 17.7 Å². The number of ketones is 1. The Morgan fingerprint density at radius 2 is 1.66 bits per heavy atom. The van der Waals surface area contributed by atoms with Crippen molar-refractivity contribution in [3.05, 3.63) is 33.8 Å². The lowest BCUT2D eigenvalue weighted by Gasteiger charge is -2.70. The summed E-state index contributed by atoms with van der Waals surface area (Å²) in [4.78, 5) is 53.1. The molecule has 0 saturated heterocycles. The summed E-state index contributed by atoms with van der Waals surface area (Å²) in [5.41, 5.74) is -1.98. The lowest BCUT2D eigenvalue weighted by molar-refractivity contribution is -0.233. The first-order valence-corrected chi connectivity index (χ1v) is 17.3. The number of methoxy groups -OCH3 is 1. The van der Waals surface area contributed by atoms with Gasteiger partial charge >= 0.3 is 17.8 Å². The van der Waals surface area contributed by atoms with Crippen molar-refractivity contribution in [2.24, 2.45) is 50.2 Å². The minimum atomic E-state index is -1.10. The van der Waals surface area contributed by atoms with Gasteiger partial charge in [0.25, 0.3) is 0 Å². The number of esters is 1. The van der Waals surface area contributed by atoms with Crippen molar-refractivity contribution in [1.29, 1.82) is 0 Å². The number of carboxylic acids is 1. The van der Waals surface area contributed by atoms with Gasteiger partial charge in [-0.15, -0.1) is 0 Å². The van der Waals surface area contributed by atoms with E-state index in [1.54, 1.807) is 14.0 Å². The molecule has 47 heavy (non-hydrogen) atoms. The number of carbonyl (C=O) groups excluding carboxylic acids is 2. The quantitative estimate of drug-likeness (QED) is 0.251. The molecular formula is C37H52O10. The van der Waals surface area contributed by atoms with Crippen molar-refractivity contribution in [1.82, 2.24) is 0 Å². The zero-order valence-corrected chi connectivity index (χ0v) is 29.3. The Hall–Kier alpha value is -2.72. The first kappa shape index (κ1) is 34.2. The third kappa shape index (κ3) is 4.77. The lowest BCUT2D eigenvalue weighted by Crippen LogP contribution is -2.68. The van der Waals surface area contributed by atoms with Crippen molar-refractivity contribution < 1.29 is 42.5 Å². The van der Waals surface area contributed by atoms with Crippen molar-refractivity contribution in [3.63, 3.8) is 0 Å². The number of allylic oxidation sites excluding steroid dienone is 2. The van der Waals surface area contributed by atoms with Gasteiger partial charge in [-0.25, -0.2) is 4.79 Å². The van der Waals surface area contributed by atoms with Gasteiger partial charge in [-0.1, -0.05) is 33.3 Å². The average molecular weight is 657 g/mol. The monoisotopic (exact) mass is 656 g/mol. The van der Waals surface area contributed by atoms with E-state index in [-0.39, 0.29) is 64.7 Å². The largest absolute Gasteiger partial charge is 0.519 e. The molecule has 1 N–H and O–H groups in total. The van der Waals surface area contributed by atoms with E-state index in [4.69, 9.17) is 23.0 Å². The summed E-state index contributed by atoms with van der Waals surface area (Å²) < 4.78 is 27.4. The number of aliphatic carboxylic acids is 1. The number of ether oxygens (including phenoxy) is 3. The third-order valence-electron chi connectivity index (χ3n) is 14.7. The van der Waals surface area contributed by atoms with Crippen LogP contribution < -0.4 is 5.82 Å². The maximum Gasteiger partial charge on any atom is 0.519 e. The molecule has 0 radical (unpaired) electrons. The average Bonchev–Trinajstić information content (AvgIpc) is 3.33. The molecule has 4 saturated carbocycles. The van der Waals surface area contributed by atoms with Crippen LogP contribution in [0.2, 0.25) is 0 Å². The normalized spacial score (nSPS) is 44.3. The summed E-state index contributed by atoms with van der Waals surface area (Å²) in [5, 5.41) is 10.2. The van der Waals surface area contributed by atoms with E-state index in [9.17, 15) is 24.3 Å². The molecule has 4 fully saturated rings. The standard InChI is InChI=1S/C37H52O10/c1-21-25(47-31(42)46-21)19-44-30(41)37(7)26-9-12-36(6)28(34(26,4)11-10-27(37)45-20-43-8)24(38)17-22-23-18-33(3,29(39)40)14-13-32(23,2)15-16-35(22,36)5/h17,23,26-28H,9-16,18-20H2,1-8H3,(H,39,40)/t23-,26+,27-,28+,32+,33-,34-,35+,36+,37-/m0/s1. The molecule has 0 aromatic carbocycles. The Morgan fingerprint density at radius 3 is 2.30 bits per heavy atom. The number of hydrogen-bond acceptors (Lipinski definition) is 9. The van der Waals surface area contributed by atoms with Gasteiger partial charge in [0.2, 0.25) is 0 Å². The minimum Gasteiger partial charge on any atom is -0.481 e. The highest BCUT2D eigenvalue weighted by atomic mass is 16.7. The van der Waals surface area contributed by atoms with E-state index in [0.29, 0.717) is 32.1 Å². The second-order valence-electron chi connectivity index (χ2n) is 17.0. The third-order valence-corrected chi connectivity index (χ3v) is 14.7. The Balaban J connectivity index is 1.38. The molecule has 1 heterocycles. The van der Waals surface area contributed by atoms with Crippen LogP contribution in [-0.4, -0.2) is 42.8 Å². The maximum atomic E-state index is 14.7. The lowest BCUT2D eigenvalue weighted by atomic mass is 9.33. The summed E-state index contributed by atoms with van der Waals surface area (Å²) in [5.74, 6) is -2.06. The van der Waals surface area contributed by atoms with Crippen LogP contribution in [0.5, 0.6) is 0 Å². The number of carboxylic acid groups (broad SMARTS) is 1. The molecule has 0 amide bonds. The molecule has 0 aliphatic heterocycles. The summed E-state index contributed by atoms with van der Waals surface area (Å²) in [7, 11) is 1.55. The van der Waals surface area contributed by atoms with E-state index >= 15 is 0 Å². The van der Waals surface area contributed by atoms with E-state index in [0.717, 1.165) is 31.3 Å². The van der Waals surface area contributed by atoms with Crippen LogP contribution in [0.15, 0.2) is 25.3 Å². The molecule has 1 aromatic heterocycles. The number of carbonyl (C=O) groups is 3. The van der Waals surface area contributed by atoms with Gasteiger partial charge in [0, 0.05) is 13.0 Å². The first-order valence-electron chi connectivity index (χ1n) is 17.3. The number of fused-ring (bicyclic) bond motifs is 7. The van der Waals surface area contributed by atoms with Gasteiger partial charge in [-0.05, 0) is 118 Å². The van der Waals surface area contributed by atoms with Crippen LogP contribution in [0.25, 0.3) is 0 Å². The molecule has 10 nitrogen and oxygen atoms in total. The highest BCUT2D eigenvalue weighted by molar-refractivity contribution is 5.96. The molecule has 0 unspecified atom stereocenters. The zero-order valence-electron chi connectivity index (χ0n) is 29.3. The molecule has 5 aliphatic carbocycles. The SMILES string of the molecule is COCO[C@H]1CC[C@@]2(C)[C@@H](CC[C@]3(C)[C@@H]2C(=O)C=C2[C@@H]4C[C@@](C)(C(=O)O)CC[C@]4(C)CC[C@]23C)[C@]1(C)C(=O)OCc1oc(=O)oc1C. The fourth-order valence-electron chi connectivity index (χ4n) is 11.5. The number of hydrogen-bond donors (Lipinski definition) is 1. The van der Waals surface area contributed by atoms with Crippen LogP contribution in [0.3, 0.4) is 0 Å². The molecule has 1 aromatic rings. The predicted molar refractivity (Wildman–Crippen MR) is 170 cm³/mol. The van der Waals surface area contributed by atoms with Gasteiger partial charge in [0.15, 0.2) is 23.9 Å². The molecule has 5 aliphatic rings. The van der Waals surface area contributed by atoms with Crippen LogP contribution >= 0.6 is 0 Å². The van der Waals surface area contributed by atoms with Gasteiger partial charge < -0.3 is 28.2 Å². The topological polar surface area (TPSA) is 142 Å². The molecular weight excluding hydrogens is 604 g/mol. The summed E-state index contributed by atoms with van der Waals surface area (Å²) in [6, 6.07) is 0. The van der Waals surface area contributed by atoms with Crippen LogP contribution in [-0.2, 0) is 35.2 Å². The second-order valence-corrected chi connectivity index (χ2v) is 17.0. The van der Waals surface area contributed by atoms with Crippen molar-refractivity contribution in [3.8, 4) is 0 Å². The highest BCUT2D eigenvalue weighted by Gasteiger charge is 2.72. The first-order chi connectivity index (χ1) is 21.9. The molecule has 0 spiro atoms. The van der Waals surface area contributed by atoms with Crippen molar-refractivity contribution in [2.45, 2.75) is 119 Å². The summed E-state index contributed by atoms with van der Waals surface area (Å²) >= 11 is 0. The summed E-state index contributed by atoms with van der Waals surface area (Å²) in [6.45, 7) is 14.2. The Morgan fingerprint density at radius 1 is 0.957 bits per heavy atom. The van der Waals surface area contributed by atoms with Crippen LogP contribution in [0.4, 0.5) is 0 Å².